The molecule has 0 atom stereocenters. The summed E-state index contributed by atoms with van der Waals surface area (Å²) in [5.74, 6) is 0.0254. The van der Waals surface area contributed by atoms with Crippen LogP contribution in [0, 0.1) is 0 Å². The van der Waals surface area contributed by atoms with Crippen molar-refractivity contribution in [3.8, 4) is 0 Å². The molecular formula is C16H24ClN5OS. The summed E-state index contributed by atoms with van der Waals surface area (Å²) in [6.45, 7) is 5.63. The van der Waals surface area contributed by atoms with Gasteiger partial charge in [0.25, 0.3) is 0 Å². The van der Waals surface area contributed by atoms with Crippen molar-refractivity contribution in [2.45, 2.75) is 32.2 Å². The first-order valence-electron chi connectivity index (χ1n) is 8.24. The van der Waals surface area contributed by atoms with E-state index in [4.69, 9.17) is 0 Å². The second kappa shape index (κ2) is 9.27. The van der Waals surface area contributed by atoms with E-state index >= 15 is 0 Å². The molecule has 3 rings (SSSR count). The van der Waals surface area contributed by atoms with Crippen LogP contribution in [-0.4, -0.2) is 43.0 Å². The highest BCUT2D eigenvalue weighted by atomic mass is 35.5. The average molecular weight is 370 g/mol. The molecular weight excluding hydrogens is 346 g/mol. The van der Waals surface area contributed by atoms with E-state index in [0.717, 1.165) is 56.0 Å². The third-order valence-corrected chi connectivity index (χ3v) is 4.79. The van der Waals surface area contributed by atoms with Gasteiger partial charge < -0.3 is 10.6 Å². The molecule has 2 N–H and O–H groups in total. The van der Waals surface area contributed by atoms with E-state index in [-0.39, 0.29) is 18.3 Å². The molecule has 1 aromatic rings. The van der Waals surface area contributed by atoms with Crippen molar-refractivity contribution in [2.24, 2.45) is 8.73 Å². The van der Waals surface area contributed by atoms with Gasteiger partial charge in [0.1, 0.15) is 11.4 Å². The van der Waals surface area contributed by atoms with Crippen molar-refractivity contribution in [1.29, 1.82) is 0 Å². The van der Waals surface area contributed by atoms with Crippen LogP contribution in [-0.2, 0) is 16.1 Å². The molecule has 1 aromatic carbocycles. The Kier molecular flexibility index (Phi) is 7.36. The van der Waals surface area contributed by atoms with Crippen LogP contribution >= 0.6 is 12.4 Å². The van der Waals surface area contributed by atoms with E-state index in [2.05, 4.69) is 31.2 Å². The molecule has 24 heavy (non-hydrogen) atoms. The Morgan fingerprint density at radius 1 is 1.38 bits per heavy atom. The summed E-state index contributed by atoms with van der Waals surface area (Å²) in [5.41, 5.74) is 2.36. The number of carbonyl (C=O) groups is 1. The smallest absolute Gasteiger partial charge is 0.238 e. The number of hydrogen-bond donors (Lipinski definition) is 2. The number of amides is 1. The summed E-state index contributed by atoms with van der Waals surface area (Å²) in [6, 6.07) is 6.19. The van der Waals surface area contributed by atoms with Crippen LogP contribution < -0.4 is 10.6 Å². The Hall–Kier alpha value is -1.28. The Labute approximate surface area is 152 Å². The lowest BCUT2D eigenvalue weighted by molar-refractivity contribution is -0.118. The lowest BCUT2D eigenvalue weighted by Crippen LogP contribution is -2.46. The standard InChI is InChI=1S/C16H23N5OS.ClH/c1-2-10-21(12-6-8-17-9-7-12)11-15(22)18-13-4-3-5-14-16(13)20-23-19-14;/h3-5,12,17H,2,6-11H2,1H3,(H,18,22);1H. The molecule has 2 aliphatic rings. The van der Waals surface area contributed by atoms with Crippen LogP contribution in [0.3, 0.4) is 0 Å². The molecule has 2 aliphatic heterocycles. The molecule has 0 aliphatic carbocycles. The summed E-state index contributed by atoms with van der Waals surface area (Å²) in [6.07, 6.45) is 3.28. The topological polar surface area (TPSA) is 69.1 Å². The fourth-order valence-electron chi connectivity index (χ4n) is 3.13. The quantitative estimate of drug-likeness (QED) is 0.821. The zero-order valence-electron chi connectivity index (χ0n) is 13.8. The summed E-state index contributed by atoms with van der Waals surface area (Å²) in [4.78, 5) is 14.8. The number of anilines is 1. The fourth-order valence-corrected chi connectivity index (χ4v) is 3.68. The molecule has 0 radical (unpaired) electrons. The molecule has 8 heteroatoms. The maximum atomic E-state index is 12.5. The number of halogens is 1. The largest absolute Gasteiger partial charge is 0.323 e. The van der Waals surface area contributed by atoms with Crippen LogP contribution in [0.2, 0.25) is 0 Å². The van der Waals surface area contributed by atoms with Crippen molar-refractivity contribution >= 4 is 46.7 Å². The molecule has 0 saturated carbocycles. The minimum absolute atomic E-state index is 0. The van der Waals surface area contributed by atoms with Gasteiger partial charge >= 0.3 is 0 Å². The number of benzene rings is 1. The van der Waals surface area contributed by atoms with Gasteiger partial charge in [-0.2, -0.15) is 8.73 Å². The summed E-state index contributed by atoms with van der Waals surface area (Å²) < 4.78 is 8.48. The van der Waals surface area contributed by atoms with Crippen LogP contribution in [0.25, 0.3) is 0 Å². The van der Waals surface area contributed by atoms with Gasteiger partial charge in [0, 0.05) is 6.04 Å². The first-order valence-corrected chi connectivity index (χ1v) is 8.97. The van der Waals surface area contributed by atoms with Gasteiger partial charge in [0.15, 0.2) is 0 Å². The van der Waals surface area contributed by atoms with Crippen molar-refractivity contribution in [3.63, 3.8) is 0 Å². The van der Waals surface area contributed by atoms with Gasteiger partial charge in [0.2, 0.25) is 5.91 Å². The molecule has 1 saturated heterocycles. The van der Waals surface area contributed by atoms with Gasteiger partial charge in [0.05, 0.1) is 23.6 Å². The number of fused-ring (bicyclic) bond motifs is 1. The average Bonchev–Trinajstić information content (AvgIpc) is 3.05. The van der Waals surface area contributed by atoms with Crippen molar-refractivity contribution in [3.05, 3.63) is 18.2 Å². The predicted octanol–water partition coefficient (Wildman–Crippen LogP) is 3.24. The SMILES string of the molecule is CCCN(CC(=O)Nc1cccc2c1N=S=N2)C1CCNCC1.Cl. The van der Waals surface area contributed by atoms with E-state index in [1.54, 1.807) is 0 Å². The van der Waals surface area contributed by atoms with E-state index in [9.17, 15) is 4.79 Å². The predicted molar refractivity (Wildman–Crippen MR) is 102 cm³/mol. The van der Waals surface area contributed by atoms with Crippen LogP contribution in [0.15, 0.2) is 26.9 Å². The highest BCUT2D eigenvalue weighted by Gasteiger charge is 2.23. The monoisotopic (exact) mass is 369 g/mol. The molecule has 1 fully saturated rings. The summed E-state index contributed by atoms with van der Waals surface area (Å²) in [5, 5.41) is 6.39. The summed E-state index contributed by atoms with van der Waals surface area (Å²) in [7, 11) is 0. The number of piperidine rings is 1. The molecule has 0 spiro atoms. The minimum atomic E-state index is 0. The molecule has 0 aromatic heterocycles. The molecule has 0 bridgehead atoms. The maximum Gasteiger partial charge on any atom is 0.238 e. The first-order chi connectivity index (χ1) is 11.3. The minimum Gasteiger partial charge on any atom is -0.323 e. The Balaban J connectivity index is 0.00000208. The van der Waals surface area contributed by atoms with E-state index < -0.39 is 0 Å². The number of hydrogen-bond acceptors (Lipinski definition) is 5. The van der Waals surface area contributed by atoms with Crippen LogP contribution in [0.5, 0.6) is 0 Å². The lowest BCUT2D eigenvalue weighted by Gasteiger charge is -2.34. The third kappa shape index (κ3) is 4.63. The third-order valence-electron chi connectivity index (χ3n) is 4.24. The number of rotatable bonds is 6. The van der Waals surface area contributed by atoms with Crippen LogP contribution in [0.4, 0.5) is 17.1 Å². The van der Waals surface area contributed by atoms with Gasteiger partial charge in [-0.3, -0.25) is 9.69 Å². The molecule has 132 valence electrons. The van der Waals surface area contributed by atoms with E-state index in [1.165, 1.54) is 11.4 Å². The van der Waals surface area contributed by atoms with Crippen molar-refractivity contribution in [1.82, 2.24) is 10.2 Å². The molecule has 6 nitrogen and oxygen atoms in total. The number of nitrogens with one attached hydrogen (secondary N) is 2. The van der Waals surface area contributed by atoms with Gasteiger partial charge in [-0.05, 0) is 51.0 Å². The fraction of sp³-hybridized carbons (Fsp3) is 0.562. The number of nitrogens with zero attached hydrogens (tertiary/aromatic N) is 3. The van der Waals surface area contributed by atoms with Gasteiger partial charge in [-0.15, -0.1) is 12.4 Å². The van der Waals surface area contributed by atoms with Gasteiger partial charge in [-0.25, -0.2) is 0 Å². The maximum absolute atomic E-state index is 12.5. The highest BCUT2D eigenvalue weighted by molar-refractivity contribution is 7.58. The Morgan fingerprint density at radius 2 is 2.17 bits per heavy atom. The lowest BCUT2D eigenvalue weighted by atomic mass is 10.0. The zero-order chi connectivity index (χ0) is 16.1. The zero-order valence-corrected chi connectivity index (χ0v) is 15.5. The van der Waals surface area contributed by atoms with Gasteiger partial charge in [-0.1, -0.05) is 13.0 Å². The van der Waals surface area contributed by atoms with Crippen molar-refractivity contribution < 1.29 is 4.79 Å². The van der Waals surface area contributed by atoms with E-state index in [0.29, 0.717) is 12.6 Å². The number of carbonyl (C=O) groups excluding carboxylic acids is 1. The second-order valence-corrected chi connectivity index (χ2v) is 6.47. The van der Waals surface area contributed by atoms with Crippen LogP contribution in [0.1, 0.15) is 26.2 Å². The van der Waals surface area contributed by atoms with E-state index in [1.807, 2.05) is 18.2 Å². The normalized spacial score (nSPS) is 16.4. The first kappa shape index (κ1) is 19.1. The summed E-state index contributed by atoms with van der Waals surface area (Å²) >= 11 is 1.17. The second-order valence-electron chi connectivity index (χ2n) is 5.94. The van der Waals surface area contributed by atoms with Crippen molar-refractivity contribution in [2.75, 3.05) is 31.5 Å². The molecule has 1 amide bonds. The Morgan fingerprint density at radius 3 is 2.92 bits per heavy atom. The molecule has 0 unspecified atom stereocenters. The highest BCUT2D eigenvalue weighted by Crippen LogP contribution is 2.38. The molecule has 2 heterocycles. The Bertz CT molecular complexity index is 641.